The molecule has 0 N–H and O–H groups in total. The van der Waals surface area contributed by atoms with Crippen LogP contribution in [0.4, 0.5) is 0 Å². The standard InChI is InChI=1S/C15H20BrNO3/c1-10-7-17(8-11(2)20-10)9-12-5-14-15(6-13(12)16)19-4-3-18-14/h5-6,10-11H,3-4,7-9H2,1-2H3. The van der Waals surface area contributed by atoms with Crippen molar-refractivity contribution >= 4 is 15.9 Å². The van der Waals surface area contributed by atoms with Crippen molar-refractivity contribution in [2.75, 3.05) is 26.3 Å². The molecule has 0 bridgehead atoms. The Balaban J connectivity index is 1.76. The average Bonchev–Trinajstić information content (AvgIpc) is 2.38. The molecule has 2 heterocycles. The normalized spacial score (nSPS) is 26.6. The van der Waals surface area contributed by atoms with Crippen molar-refractivity contribution in [2.24, 2.45) is 0 Å². The van der Waals surface area contributed by atoms with E-state index in [9.17, 15) is 0 Å². The van der Waals surface area contributed by atoms with Crippen molar-refractivity contribution in [3.05, 3.63) is 22.2 Å². The van der Waals surface area contributed by atoms with Gasteiger partial charge in [0.05, 0.1) is 12.2 Å². The molecule has 0 aliphatic carbocycles. The Morgan fingerprint density at radius 2 is 1.70 bits per heavy atom. The predicted octanol–water partition coefficient (Wildman–Crippen LogP) is 2.83. The van der Waals surface area contributed by atoms with Crippen LogP contribution in [0, 0.1) is 0 Å². The Morgan fingerprint density at radius 1 is 1.10 bits per heavy atom. The summed E-state index contributed by atoms with van der Waals surface area (Å²) in [5.74, 6) is 1.68. The highest BCUT2D eigenvalue weighted by Crippen LogP contribution is 2.36. The minimum atomic E-state index is 0.287. The van der Waals surface area contributed by atoms with Crippen LogP contribution < -0.4 is 9.47 Å². The zero-order valence-corrected chi connectivity index (χ0v) is 13.5. The van der Waals surface area contributed by atoms with Gasteiger partial charge in [0.2, 0.25) is 0 Å². The summed E-state index contributed by atoms with van der Waals surface area (Å²) in [6.45, 7) is 8.33. The summed E-state index contributed by atoms with van der Waals surface area (Å²) < 4.78 is 18.1. The summed E-state index contributed by atoms with van der Waals surface area (Å²) in [6, 6.07) is 4.10. The molecular weight excluding hydrogens is 322 g/mol. The maximum atomic E-state index is 5.78. The molecule has 0 spiro atoms. The molecule has 1 fully saturated rings. The van der Waals surface area contributed by atoms with E-state index in [1.54, 1.807) is 0 Å². The quantitative estimate of drug-likeness (QED) is 0.827. The van der Waals surface area contributed by atoms with Gasteiger partial charge in [-0.2, -0.15) is 0 Å². The van der Waals surface area contributed by atoms with Gasteiger partial charge in [0.15, 0.2) is 11.5 Å². The fraction of sp³-hybridized carbons (Fsp3) is 0.600. The summed E-state index contributed by atoms with van der Waals surface area (Å²) in [7, 11) is 0. The van der Waals surface area contributed by atoms with Gasteiger partial charge in [-0.05, 0) is 31.5 Å². The lowest BCUT2D eigenvalue weighted by atomic mass is 10.1. The van der Waals surface area contributed by atoms with Crippen molar-refractivity contribution in [3.63, 3.8) is 0 Å². The second-order valence-electron chi connectivity index (χ2n) is 5.54. The van der Waals surface area contributed by atoms with Crippen molar-refractivity contribution in [2.45, 2.75) is 32.6 Å². The van der Waals surface area contributed by atoms with E-state index < -0.39 is 0 Å². The molecule has 2 unspecified atom stereocenters. The molecule has 3 rings (SSSR count). The van der Waals surface area contributed by atoms with Gasteiger partial charge < -0.3 is 14.2 Å². The van der Waals surface area contributed by atoms with Gasteiger partial charge in [0.1, 0.15) is 13.2 Å². The van der Waals surface area contributed by atoms with Gasteiger partial charge in [-0.3, -0.25) is 4.90 Å². The molecule has 20 heavy (non-hydrogen) atoms. The molecule has 2 aliphatic heterocycles. The Labute approximate surface area is 128 Å². The van der Waals surface area contributed by atoms with E-state index in [-0.39, 0.29) is 12.2 Å². The zero-order valence-electron chi connectivity index (χ0n) is 11.9. The maximum Gasteiger partial charge on any atom is 0.162 e. The van der Waals surface area contributed by atoms with Crippen LogP contribution in [0.15, 0.2) is 16.6 Å². The van der Waals surface area contributed by atoms with Crippen LogP contribution in [-0.2, 0) is 11.3 Å². The smallest absolute Gasteiger partial charge is 0.162 e. The van der Waals surface area contributed by atoms with Gasteiger partial charge in [0.25, 0.3) is 0 Å². The molecular formula is C15H20BrNO3. The first kappa shape index (κ1) is 14.2. The van der Waals surface area contributed by atoms with Crippen LogP contribution in [0.3, 0.4) is 0 Å². The number of nitrogens with zero attached hydrogens (tertiary/aromatic N) is 1. The number of ether oxygens (including phenoxy) is 3. The molecule has 1 saturated heterocycles. The molecule has 4 nitrogen and oxygen atoms in total. The molecule has 0 aromatic heterocycles. The van der Waals surface area contributed by atoms with E-state index in [0.717, 1.165) is 35.6 Å². The fourth-order valence-corrected chi connectivity index (χ4v) is 3.33. The molecule has 0 saturated carbocycles. The number of hydrogen-bond acceptors (Lipinski definition) is 4. The monoisotopic (exact) mass is 341 g/mol. The number of fused-ring (bicyclic) bond motifs is 1. The Bertz CT molecular complexity index is 484. The first-order valence-corrected chi connectivity index (χ1v) is 7.87. The highest BCUT2D eigenvalue weighted by Gasteiger charge is 2.23. The molecule has 1 aromatic carbocycles. The molecule has 2 atom stereocenters. The van der Waals surface area contributed by atoms with Crippen LogP contribution in [0.25, 0.3) is 0 Å². The van der Waals surface area contributed by atoms with E-state index in [2.05, 4.69) is 40.7 Å². The SMILES string of the molecule is CC1CN(Cc2cc3c(cc2Br)OCCO3)CC(C)O1. The third-order valence-electron chi connectivity index (χ3n) is 3.60. The minimum absolute atomic E-state index is 0.287. The topological polar surface area (TPSA) is 30.9 Å². The molecule has 110 valence electrons. The molecule has 0 radical (unpaired) electrons. The Kier molecular flexibility index (Phi) is 4.19. The lowest BCUT2D eigenvalue weighted by Crippen LogP contribution is -2.44. The first-order chi connectivity index (χ1) is 9.61. The fourth-order valence-electron chi connectivity index (χ4n) is 2.88. The summed E-state index contributed by atoms with van der Waals surface area (Å²) in [5.41, 5.74) is 1.23. The largest absolute Gasteiger partial charge is 0.486 e. The highest BCUT2D eigenvalue weighted by molar-refractivity contribution is 9.10. The maximum absolute atomic E-state index is 5.78. The number of rotatable bonds is 2. The van der Waals surface area contributed by atoms with Crippen LogP contribution in [0.5, 0.6) is 11.5 Å². The number of halogens is 1. The molecule has 1 aromatic rings. The van der Waals surface area contributed by atoms with E-state index in [1.807, 2.05) is 6.07 Å². The Morgan fingerprint density at radius 3 is 2.35 bits per heavy atom. The third kappa shape index (κ3) is 3.10. The number of benzene rings is 1. The van der Waals surface area contributed by atoms with Crippen LogP contribution in [0.2, 0.25) is 0 Å². The van der Waals surface area contributed by atoms with Crippen molar-refractivity contribution < 1.29 is 14.2 Å². The highest BCUT2D eigenvalue weighted by atomic mass is 79.9. The van der Waals surface area contributed by atoms with Gasteiger partial charge in [-0.25, -0.2) is 0 Å². The van der Waals surface area contributed by atoms with Crippen molar-refractivity contribution in [1.29, 1.82) is 0 Å². The van der Waals surface area contributed by atoms with Crippen molar-refractivity contribution in [3.8, 4) is 11.5 Å². The molecule has 5 heteroatoms. The minimum Gasteiger partial charge on any atom is -0.486 e. The number of hydrogen-bond donors (Lipinski definition) is 0. The summed E-state index contributed by atoms with van der Waals surface area (Å²) >= 11 is 3.64. The first-order valence-electron chi connectivity index (χ1n) is 7.07. The van der Waals surface area contributed by atoms with Gasteiger partial charge in [0, 0.05) is 24.1 Å². The average molecular weight is 342 g/mol. The lowest BCUT2D eigenvalue weighted by Gasteiger charge is -2.35. The van der Waals surface area contributed by atoms with E-state index in [1.165, 1.54) is 5.56 Å². The van der Waals surface area contributed by atoms with Gasteiger partial charge in [-0.1, -0.05) is 15.9 Å². The van der Waals surface area contributed by atoms with Gasteiger partial charge >= 0.3 is 0 Å². The van der Waals surface area contributed by atoms with Crippen molar-refractivity contribution in [1.82, 2.24) is 4.90 Å². The lowest BCUT2D eigenvalue weighted by molar-refractivity contribution is -0.0705. The van der Waals surface area contributed by atoms with Crippen LogP contribution >= 0.6 is 15.9 Å². The number of morpholine rings is 1. The van der Waals surface area contributed by atoms with E-state index in [4.69, 9.17) is 14.2 Å². The third-order valence-corrected chi connectivity index (χ3v) is 4.34. The zero-order chi connectivity index (χ0) is 14.1. The summed E-state index contributed by atoms with van der Waals surface area (Å²) in [5, 5.41) is 0. The van der Waals surface area contributed by atoms with E-state index >= 15 is 0 Å². The molecule has 2 aliphatic rings. The summed E-state index contributed by atoms with van der Waals surface area (Å²) in [6.07, 6.45) is 0.574. The van der Waals surface area contributed by atoms with Crippen LogP contribution in [-0.4, -0.2) is 43.4 Å². The van der Waals surface area contributed by atoms with Crippen LogP contribution in [0.1, 0.15) is 19.4 Å². The second-order valence-corrected chi connectivity index (χ2v) is 6.39. The second kappa shape index (κ2) is 5.92. The summed E-state index contributed by atoms with van der Waals surface area (Å²) in [4.78, 5) is 2.43. The van der Waals surface area contributed by atoms with E-state index in [0.29, 0.717) is 13.2 Å². The van der Waals surface area contributed by atoms with Gasteiger partial charge in [-0.15, -0.1) is 0 Å². The Hall–Kier alpha value is -0.780. The predicted molar refractivity (Wildman–Crippen MR) is 80.4 cm³/mol. The molecule has 0 amide bonds.